The first kappa shape index (κ1) is 19.6. The van der Waals surface area contributed by atoms with Crippen LogP contribution in [-0.4, -0.2) is 69.6 Å². The van der Waals surface area contributed by atoms with Gasteiger partial charge in [-0.15, -0.1) is 12.4 Å². The fraction of sp³-hybridized carbons (Fsp3) is 0.625. The number of piperazine rings is 1. The molecule has 2 fully saturated rings. The minimum Gasteiger partial charge on any atom is -0.379 e. The van der Waals surface area contributed by atoms with Crippen LogP contribution in [0.15, 0.2) is 29.2 Å². The molecule has 0 bridgehead atoms. The van der Waals surface area contributed by atoms with Crippen LogP contribution in [0.4, 0.5) is 0 Å². The van der Waals surface area contributed by atoms with E-state index in [0.717, 1.165) is 25.2 Å². The first-order chi connectivity index (χ1) is 11.1. The van der Waals surface area contributed by atoms with E-state index in [1.165, 1.54) is 4.31 Å². The molecule has 2 heterocycles. The number of hydrogen-bond acceptors (Lipinski definition) is 5. The van der Waals surface area contributed by atoms with Gasteiger partial charge in [-0.2, -0.15) is 4.31 Å². The lowest BCUT2D eigenvalue weighted by Crippen LogP contribution is -2.48. The third-order valence-corrected chi connectivity index (χ3v) is 6.41. The second-order valence-corrected chi connectivity index (χ2v) is 8.12. The van der Waals surface area contributed by atoms with Crippen molar-refractivity contribution in [3.05, 3.63) is 29.8 Å². The highest BCUT2D eigenvalue weighted by molar-refractivity contribution is 7.89. The number of sulfonamides is 1. The van der Waals surface area contributed by atoms with Crippen LogP contribution in [0.1, 0.15) is 12.5 Å². The van der Waals surface area contributed by atoms with Gasteiger partial charge in [-0.25, -0.2) is 8.42 Å². The Hall–Kier alpha value is -0.700. The van der Waals surface area contributed by atoms with Crippen LogP contribution in [0.2, 0.25) is 0 Å². The van der Waals surface area contributed by atoms with Crippen molar-refractivity contribution in [2.75, 3.05) is 45.9 Å². The van der Waals surface area contributed by atoms with Gasteiger partial charge >= 0.3 is 0 Å². The van der Waals surface area contributed by atoms with Crippen LogP contribution < -0.4 is 5.32 Å². The van der Waals surface area contributed by atoms with E-state index in [1.807, 2.05) is 12.1 Å². The van der Waals surface area contributed by atoms with E-state index in [-0.39, 0.29) is 12.4 Å². The van der Waals surface area contributed by atoms with E-state index in [4.69, 9.17) is 4.74 Å². The molecule has 0 spiro atoms. The van der Waals surface area contributed by atoms with Crippen LogP contribution in [0, 0.1) is 0 Å². The highest BCUT2D eigenvalue weighted by Gasteiger charge is 2.29. The van der Waals surface area contributed by atoms with Crippen LogP contribution in [-0.2, 0) is 21.3 Å². The van der Waals surface area contributed by atoms with Crippen molar-refractivity contribution >= 4 is 22.4 Å². The molecule has 136 valence electrons. The minimum atomic E-state index is -3.45. The monoisotopic (exact) mass is 375 g/mol. The number of ether oxygens (including phenoxy) is 1. The van der Waals surface area contributed by atoms with Gasteiger partial charge in [0.2, 0.25) is 10.0 Å². The molecular formula is C16H26ClN3O3S. The van der Waals surface area contributed by atoms with E-state index < -0.39 is 10.0 Å². The predicted molar refractivity (Wildman–Crippen MR) is 96.0 cm³/mol. The van der Waals surface area contributed by atoms with Gasteiger partial charge in [0, 0.05) is 45.3 Å². The first-order valence-corrected chi connectivity index (χ1v) is 9.63. The van der Waals surface area contributed by atoms with Crippen molar-refractivity contribution in [3.8, 4) is 0 Å². The average molecular weight is 376 g/mol. The maximum Gasteiger partial charge on any atom is 0.243 e. The van der Waals surface area contributed by atoms with E-state index >= 15 is 0 Å². The predicted octanol–water partition coefficient (Wildman–Crippen LogP) is 0.923. The molecule has 0 aliphatic carbocycles. The molecule has 1 aromatic carbocycles. The topological polar surface area (TPSA) is 61.9 Å². The number of nitrogens with one attached hydrogen (secondary N) is 1. The third-order valence-electron chi connectivity index (χ3n) is 4.41. The number of rotatable bonds is 4. The summed E-state index contributed by atoms with van der Waals surface area (Å²) < 4.78 is 32.7. The summed E-state index contributed by atoms with van der Waals surface area (Å²) in [6.07, 6.45) is 0. The molecule has 0 saturated carbocycles. The highest BCUT2D eigenvalue weighted by atomic mass is 35.5. The van der Waals surface area contributed by atoms with Gasteiger partial charge in [0.25, 0.3) is 0 Å². The number of morpholine rings is 1. The summed E-state index contributed by atoms with van der Waals surface area (Å²) in [7, 11) is -3.45. The Bertz CT molecular complexity index is 635. The van der Waals surface area contributed by atoms with Gasteiger partial charge in [0.1, 0.15) is 0 Å². The number of hydrogen-bond donors (Lipinski definition) is 1. The van der Waals surface area contributed by atoms with Crippen molar-refractivity contribution in [1.82, 2.24) is 14.5 Å². The van der Waals surface area contributed by atoms with Crippen molar-refractivity contribution in [3.63, 3.8) is 0 Å². The highest BCUT2D eigenvalue weighted by Crippen LogP contribution is 2.22. The standard InChI is InChI=1S/C16H25N3O3S.ClH/c1-14-12-18(7-6-17-14)13-15-4-2-3-5-16(15)23(20,21)19-8-10-22-11-9-19;/h2-5,14,17H,6-13H2,1H3;1H/t14-;/m0./s1. The maximum atomic E-state index is 13.0. The van der Waals surface area contributed by atoms with Crippen molar-refractivity contribution < 1.29 is 13.2 Å². The Morgan fingerprint density at radius 1 is 1.21 bits per heavy atom. The molecular weight excluding hydrogens is 350 g/mol. The Labute approximate surface area is 150 Å². The van der Waals surface area contributed by atoms with Gasteiger partial charge < -0.3 is 10.1 Å². The molecule has 24 heavy (non-hydrogen) atoms. The molecule has 0 aromatic heterocycles. The lowest BCUT2D eigenvalue weighted by Gasteiger charge is -2.33. The summed E-state index contributed by atoms with van der Waals surface area (Å²) in [5, 5.41) is 3.41. The zero-order valence-electron chi connectivity index (χ0n) is 14.0. The maximum absolute atomic E-state index is 13.0. The molecule has 0 unspecified atom stereocenters. The van der Waals surface area contributed by atoms with Gasteiger partial charge in [0.05, 0.1) is 18.1 Å². The van der Waals surface area contributed by atoms with Crippen LogP contribution in [0.3, 0.4) is 0 Å². The quantitative estimate of drug-likeness (QED) is 0.848. The lowest BCUT2D eigenvalue weighted by atomic mass is 10.1. The summed E-state index contributed by atoms with van der Waals surface area (Å²) in [5.74, 6) is 0. The van der Waals surface area contributed by atoms with Crippen molar-refractivity contribution in [1.29, 1.82) is 0 Å². The molecule has 1 aromatic rings. The summed E-state index contributed by atoms with van der Waals surface area (Å²) in [4.78, 5) is 2.75. The molecule has 0 radical (unpaired) electrons. The second kappa shape index (κ2) is 8.60. The molecule has 2 aliphatic heterocycles. The normalized spacial score (nSPS) is 23.6. The molecule has 1 N–H and O–H groups in total. The zero-order chi connectivity index (χ0) is 16.3. The van der Waals surface area contributed by atoms with Crippen LogP contribution >= 0.6 is 12.4 Å². The molecule has 3 rings (SSSR count). The molecule has 8 heteroatoms. The fourth-order valence-corrected chi connectivity index (χ4v) is 4.83. The van der Waals surface area contributed by atoms with E-state index in [1.54, 1.807) is 12.1 Å². The number of nitrogens with zero attached hydrogens (tertiary/aromatic N) is 2. The molecule has 0 amide bonds. The summed E-state index contributed by atoms with van der Waals surface area (Å²) in [6, 6.07) is 7.81. The molecule has 2 aliphatic rings. The second-order valence-electron chi connectivity index (χ2n) is 6.21. The number of benzene rings is 1. The zero-order valence-corrected chi connectivity index (χ0v) is 15.6. The number of halogens is 1. The molecule has 6 nitrogen and oxygen atoms in total. The third kappa shape index (κ3) is 4.47. The van der Waals surface area contributed by atoms with Crippen LogP contribution in [0.5, 0.6) is 0 Å². The van der Waals surface area contributed by atoms with Crippen molar-refractivity contribution in [2.24, 2.45) is 0 Å². The van der Waals surface area contributed by atoms with Crippen molar-refractivity contribution in [2.45, 2.75) is 24.4 Å². The van der Waals surface area contributed by atoms with E-state index in [0.29, 0.717) is 43.8 Å². The first-order valence-electron chi connectivity index (χ1n) is 8.19. The minimum absolute atomic E-state index is 0. The summed E-state index contributed by atoms with van der Waals surface area (Å²) in [6.45, 7) is 7.45. The van der Waals surface area contributed by atoms with Crippen LogP contribution in [0.25, 0.3) is 0 Å². The SMILES string of the molecule is C[C@H]1CN(Cc2ccccc2S(=O)(=O)N2CCOCC2)CCN1.Cl. The Kier molecular flexibility index (Phi) is 7.03. The van der Waals surface area contributed by atoms with Gasteiger partial charge in [-0.1, -0.05) is 18.2 Å². The summed E-state index contributed by atoms with van der Waals surface area (Å²) in [5.41, 5.74) is 0.882. The molecule has 2 saturated heterocycles. The summed E-state index contributed by atoms with van der Waals surface area (Å²) >= 11 is 0. The Morgan fingerprint density at radius 3 is 2.62 bits per heavy atom. The molecule has 1 atom stereocenters. The fourth-order valence-electron chi connectivity index (χ4n) is 3.21. The van der Waals surface area contributed by atoms with E-state index in [2.05, 4.69) is 17.1 Å². The van der Waals surface area contributed by atoms with E-state index in [9.17, 15) is 8.42 Å². The van der Waals surface area contributed by atoms with Gasteiger partial charge in [-0.05, 0) is 18.6 Å². The van der Waals surface area contributed by atoms with Gasteiger partial charge in [0.15, 0.2) is 0 Å². The van der Waals surface area contributed by atoms with Gasteiger partial charge in [-0.3, -0.25) is 4.90 Å². The smallest absolute Gasteiger partial charge is 0.243 e. The average Bonchev–Trinajstić information content (AvgIpc) is 2.56. The largest absolute Gasteiger partial charge is 0.379 e. The Balaban J connectivity index is 0.00000208. The lowest BCUT2D eigenvalue weighted by molar-refractivity contribution is 0.0730. The Morgan fingerprint density at radius 2 is 1.92 bits per heavy atom.